The Morgan fingerprint density at radius 2 is 1.89 bits per heavy atom. The van der Waals surface area contributed by atoms with Crippen molar-refractivity contribution in [1.29, 1.82) is 0 Å². The second kappa shape index (κ2) is 7.70. The second-order valence-corrected chi connectivity index (χ2v) is 7.44. The van der Waals surface area contributed by atoms with Crippen LogP contribution in [0, 0.1) is 0 Å². The van der Waals surface area contributed by atoms with Crippen LogP contribution in [0.2, 0.25) is 0 Å². The van der Waals surface area contributed by atoms with Crippen molar-refractivity contribution >= 4 is 22.6 Å². The van der Waals surface area contributed by atoms with Crippen LogP contribution in [0.1, 0.15) is 27.7 Å². The largest absolute Gasteiger partial charge is 0.350 e. The van der Waals surface area contributed by atoms with Gasteiger partial charge in [0.1, 0.15) is 5.82 Å². The van der Waals surface area contributed by atoms with E-state index in [4.69, 9.17) is 4.98 Å². The normalized spacial score (nSPS) is 11.4. The highest BCUT2D eigenvalue weighted by molar-refractivity contribution is 5.93. The minimum absolute atomic E-state index is 0.0324. The summed E-state index contributed by atoms with van der Waals surface area (Å²) in [5.74, 6) is 1.33. The zero-order valence-corrected chi connectivity index (χ0v) is 16.2. The number of hydrogen-bond acceptors (Lipinski definition) is 5. The van der Waals surface area contributed by atoms with Gasteiger partial charge in [-0.05, 0) is 52.0 Å². The molecule has 0 radical (unpaired) electrons. The van der Waals surface area contributed by atoms with Crippen LogP contribution in [0.4, 0.5) is 5.82 Å². The number of anilines is 1. The van der Waals surface area contributed by atoms with Crippen LogP contribution in [-0.4, -0.2) is 39.5 Å². The molecule has 0 bridgehead atoms. The van der Waals surface area contributed by atoms with Gasteiger partial charge in [0.15, 0.2) is 5.82 Å². The summed E-state index contributed by atoms with van der Waals surface area (Å²) in [4.78, 5) is 28.1. The third kappa shape index (κ3) is 4.58. The van der Waals surface area contributed by atoms with Crippen LogP contribution < -0.4 is 10.2 Å². The summed E-state index contributed by atoms with van der Waals surface area (Å²) < 4.78 is 0. The molecule has 1 amide bonds. The first-order valence-electron chi connectivity index (χ1n) is 9.10. The van der Waals surface area contributed by atoms with Crippen molar-refractivity contribution < 1.29 is 4.79 Å². The first-order chi connectivity index (χ1) is 12.9. The molecule has 27 heavy (non-hydrogen) atoms. The summed E-state index contributed by atoms with van der Waals surface area (Å²) in [5, 5.41) is 3.94. The van der Waals surface area contributed by atoms with Gasteiger partial charge >= 0.3 is 0 Å². The molecule has 1 N–H and O–H groups in total. The number of benzene rings is 1. The molecule has 2 aromatic heterocycles. The molecule has 0 aliphatic heterocycles. The number of para-hydroxylation sites is 1. The van der Waals surface area contributed by atoms with E-state index in [1.807, 2.05) is 69.0 Å². The number of hydrogen-bond donors (Lipinski definition) is 1. The van der Waals surface area contributed by atoms with Gasteiger partial charge in [0.25, 0.3) is 0 Å². The van der Waals surface area contributed by atoms with Crippen molar-refractivity contribution in [1.82, 2.24) is 20.3 Å². The van der Waals surface area contributed by atoms with E-state index in [9.17, 15) is 4.79 Å². The van der Waals surface area contributed by atoms with E-state index in [1.54, 1.807) is 12.4 Å². The molecule has 0 saturated carbocycles. The Balaban J connectivity index is 2.04. The molecule has 0 fully saturated rings. The fourth-order valence-corrected chi connectivity index (χ4v) is 2.89. The summed E-state index contributed by atoms with van der Waals surface area (Å²) >= 11 is 0. The van der Waals surface area contributed by atoms with E-state index in [0.717, 1.165) is 22.3 Å². The first kappa shape index (κ1) is 18.8. The number of amides is 1. The number of rotatable bonds is 5. The number of fused-ring (bicyclic) bond motifs is 1. The van der Waals surface area contributed by atoms with E-state index in [1.165, 1.54) is 0 Å². The van der Waals surface area contributed by atoms with Crippen LogP contribution in [0.15, 0.2) is 48.8 Å². The molecule has 1 aromatic carbocycles. The lowest BCUT2D eigenvalue weighted by Crippen LogP contribution is -2.46. The van der Waals surface area contributed by atoms with Gasteiger partial charge in [-0.25, -0.2) is 9.97 Å². The minimum Gasteiger partial charge on any atom is -0.350 e. The van der Waals surface area contributed by atoms with E-state index < -0.39 is 0 Å². The van der Waals surface area contributed by atoms with Crippen LogP contribution >= 0.6 is 0 Å². The third-order valence-electron chi connectivity index (χ3n) is 4.03. The molecule has 6 heteroatoms. The standard InChI is InChI=1S/C21H25N5O/c1-5-26(14-18(27)25-21(2,3)4)20-16-10-6-7-11-17(16)23-19(24-20)15-9-8-12-22-13-15/h6-13H,5,14H2,1-4H3,(H,25,27). The van der Waals surface area contributed by atoms with Gasteiger partial charge in [-0.1, -0.05) is 12.1 Å². The Bertz CT molecular complexity index is 934. The number of likely N-dealkylation sites (N-methyl/N-ethyl adjacent to an activating group) is 1. The zero-order valence-electron chi connectivity index (χ0n) is 16.2. The van der Waals surface area contributed by atoms with Crippen molar-refractivity contribution in [2.24, 2.45) is 0 Å². The quantitative estimate of drug-likeness (QED) is 0.752. The average Bonchev–Trinajstić information content (AvgIpc) is 2.64. The van der Waals surface area contributed by atoms with Crippen molar-refractivity contribution in [3.05, 3.63) is 48.8 Å². The molecule has 0 saturated heterocycles. The van der Waals surface area contributed by atoms with Gasteiger partial charge in [-0.2, -0.15) is 0 Å². The van der Waals surface area contributed by atoms with E-state index in [0.29, 0.717) is 12.4 Å². The van der Waals surface area contributed by atoms with Gasteiger partial charge in [0, 0.05) is 35.4 Å². The van der Waals surface area contributed by atoms with Crippen molar-refractivity contribution in [3.8, 4) is 11.4 Å². The number of carbonyl (C=O) groups excluding carboxylic acids is 1. The Labute approximate surface area is 159 Å². The topological polar surface area (TPSA) is 71.0 Å². The number of nitrogens with zero attached hydrogens (tertiary/aromatic N) is 4. The monoisotopic (exact) mass is 363 g/mol. The van der Waals surface area contributed by atoms with E-state index in [-0.39, 0.29) is 18.0 Å². The summed E-state index contributed by atoms with van der Waals surface area (Å²) in [6.45, 7) is 8.84. The molecule has 140 valence electrons. The Morgan fingerprint density at radius 3 is 2.56 bits per heavy atom. The molecule has 0 aliphatic carbocycles. The smallest absolute Gasteiger partial charge is 0.239 e. The molecule has 6 nitrogen and oxygen atoms in total. The van der Waals surface area contributed by atoms with Crippen LogP contribution in [0.3, 0.4) is 0 Å². The fraction of sp³-hybridized carbons (Fsp3) is 0.333. The molecule has 0 atom stereocenters. The second-order valence-electron chi connectivity index (χ2n) is 7.44. The summed E-state index contributed by atoms with van der Waals surface area (Å²) in [5.41, 5.74) is 1.42. The predicted molar refractivity (Wildman–Crippen MR) is 109 cm³/mol. The summed E-state index contributed by atoms with van der Waals surface area (Å²) in [7, 11) is 0. The van der Waals surface area contributed by atoms with Gasteiger partial charge < -0.3 is 10.2 Å². The molecule has 3 rings (SSSR count). The Hall–Kier alpha value is -3.02. The van der Waals surface area contributed by atoms with Gasteiger partial charge in [0.05, 0.1) is 12.1 Å². The lowest BCUT2D eigenvalue weighted by molar-refractivity contribution is -0.121. The maximum Gasteiger partial charge on any atom is 0.239 e. The molecule has 0 aliphatic rings. The van der Waals surface area contributed by atoms with E-state index in [2.05, 4.69) is 15.3 Å². The predicted octanol–water partition coefficient (Wildman–Crippen LogP) is 3.43. The molecule has 3 aromatic rings. The lowest BCUT2D eigenvalue weighted by Gasteiger charge is -2.26. The molecule has 2 heterocycles. The molecule has 0 spiro atoms. The highest BCUT2D eigenvalue weighted by Crippen LogP contribution is 2.27. The van der Waals surface area contributed by atoms with Gasteiger partial charge in [0.2, 0.25) is 5.91 Å². The number of carbonyl (C=O) groups is 1. The van der Waals surface area contributed by atoms with Crippen LogP contribution in [-0.2, 0) is 4.79 Å². The summed E-state index contributed by atoms with van der Waals surface area (Å²) in [6.07, 6.45) is 3.47. The van der Waals surface area contributed by atoms with E-state index >= 15 is 0 Å². The van der Waals surface area contributed by atoms with Crippen LogP contribution in [0.5, 0.6) is 0 Å². The maximum absolute atomic E-state index is 12.5. The number of pyridine rings is 1. The van der Waals surface area contributed by atoms with Gasteiger partial charge in [-0.15, -0.1) is 0 Å². The third-order valence-corrected chi connectivity index (χ3v) is 4.03. The molecule has 0 unspecified atom stereocenters. The SMILES string of the molecule is CCN(CC(=O)NC(C)(C)C)c1nc(-c2cccnc2)nc2ccccc12. The Morgan fingerprint density at radius 1 is 1.11 bits per heavy atom. The fourth-order valence-electron chi connectivity index (χ4n) is 2.89. The zero-order chi connectivity index (χ0) is 19.4. The highest BCUT2D eigenvalue weighted by atomic mass is 16.2. The van der Waals surface area contributed by atoms with Gasteiger partial charge in [-0.3, -0.25) is 9.78 Å². The first-order valence-corrected chi connectivity index (χ1v) is 9.10. The maximum atomic E-state index is 12.5. The van der Waals surface area contributed by atoms with Crippen LogP contribution in [0.25, 0.3) is 22.3 Å². The lowest BCUT2D eigenvalue weighted by atomic mass is 10.1. The summed E-state index contributed by atoms with van der Waals surface area (Å²) in [6, 6.07) is 11.7. The van der Waals surface area contributed by atoms with Crippen molar-refractivity contribution in [3.63, 3.8) is 0 Å². The number of aromatic nitrogens is 3. The molecular formula is C21H25N5O. The highest BCUT2D eigenvalue weighted by Gasteiger charge is 2.19. The Kier molecular flexibility index (Phi) is 5.35. The number of nitrogens with one attached hydrogen (secondary N) is 1. The average molecular weight is 363 g/mol. The van der Waals surface area contributed by atoms with Crippen molar-refractivity contribution in [2.75, 3.05) is 18.0 Å². The van der Waals surface area contributed by atoms with Crippen molar-refractivity contribution in [2.45, 2.75) is 33.2 Å². The molecular weight excluding hydrogens is 338 g/mol. The minimum atomic E-state index is -0.273.